The Kier molecular flexibility index (Phi) is 4.18. The van der Waals surface area contributed by atoms with Gasteiger partial charge in [0.15, 0.2) is 9.04 Å². The van der Waals surface area contributed by atoms with Crippen LogP contribution in [0.4, 0.5) is 0 Å². The molecule has 1 nitrogen and oxygen atoms in total. The molecule has 0 N–H and O–H groups in total. The van der Waals surface area contributed by atoms with Crippen molar-refractivity contribution in [3.63, 3.8) is 0 Å². The molecular weight excluding hydrogens is 200 g/mol. The molecule has 0 aromatic carbocycles. The fourth-order valence-electron chi connectivity index (χ4n) is 2.51. The zero-order valence-corrected chi connectivity index (χ0v) is 12.3. The van der Waals surface area contributed by atoms with Gasteiger partial charge in [0.05, 0.1) is 6.61 Å². The second kappa shape index (κ2) is 4.83. The highest BCUT2D eigenvalue weighted by molar-refractivity contribution is 6.48. The largest absolute Gasteiger partial charge is 0.417 e. The fourth-order valence-corrected chi connectivity index (χ4v) is 3.05. The van der Waals surface area contributed by atoms with Gasteiger partial charge in [0.2, 0.25) is 0 Å². The summed E-state index contributed by atoms with van der Waals surface area (Å²) < 4.78 is 5.84. The van der Waals surface area contributed by atoms with E-state index in [1.807, 2.05) is 0 Å². The summed E-state index contributed by atoms with van der Waals surface area (Å²) in [7, 11) is -0.851. The minimum Gasteiger partial charge on any atom is -0.417 e. The predicted octanol–water partition coefficient (Wildman–Crippen LogP) is 3.76. The third-order valence-corrected chi connectivity index (χ3v) is 4.28. The quantitative estimate of drug-likeness (QED) is 0.526. The third-order valence-electron chi connectivity index (χ3n) is 3.45. The van der Waals surface area contributed by atoms with Crippen LogP contribution in [0.2, 0.25) is 13.1 Å². The molecule has 0 aromatic rings. The number of hydrogen-bond donors (Lipinski definition) is 0. The van der Waals surface area contributed by atoms with Crippen molar-refractivity contribution in [3.8, 4) is 0 Å². The Hall–Kier alpha value is -0.0831. The molecule has 1 aliphatic rings. The van der Waals surface area contributed by atoms with Crippen LogP contribution in [0.15, 0.2) is 11.1 Å². The van der Waals surface area contributed by atoms with Crippen molar-refractivity contribution in [1.82, 2.24) is 0 Å². The van der Waals surface area contributed by atoms with Crippen molar-refractivity contribution in [2.75, 3.05) is 6.61 Å². The molecular formula is C13H26OSi. The van der Waals surface area contributed by atoms with E-state index in [4.69, 9.17) is 4.43 Å². The molecule has 0 radical (unpaired) electrons. The minimum absolute atomic E-state index is 0.418. The van der Waals surface area contributed by atoms with Crippen molar-refractivity contribution >= 4 is 9.04 Å². The summed E-state index contributed by atoms with van der Waals surface area (Å²) in [5, 5.41) is 0. The highest BCUT2D eigenvalue weighted by Crippen LogP contribution is 2.42. The van der Waals surface area contributed by atoms with Crippen LogP contribution in [0.25, 0.3) is 0 Å². The van der Waals surface area contributed by atoms with Gasteiger partial charge < -0.3 is 4.43 Å². The van der Waals surface area contributed by atoms with Crippen molar-refractivity contribution in [3.05, 3.63) is 11.1 Å². The maximum Gasteiger partial charge on any atom is 0.171 e. The Morgan fingerprint density at radius 3 is 2.33 bits per heavy atom. The van der Waals surface area contributed by atoms with Gasteiger partial charge in [-0.25, -0.2) is 0 Å². The molecule has 2 heteroatoms. The first kappa shape index (κ1) is 13.0. The van der Waals surface area contributed by atoms with E-state index in [9.17, 15) is 0 Å². The lowest BCUT2D eigenvalue weighted by Gasteiger charge is -2.28. The molecule has 1 atom stereocenters. The smallest absolute Gasteiger partial charge is 0.171 e. The average molecular weight is 226 g/mol. The van der Waals surface area contributed by atoms with Crippen LogP contribution >= 0.6 is 0 Å². The second-order valence-electron chi connectivity index (χ2n) is 6.10. The van der Waals surface area contributed by atoms with Crippen LogP contribution in [-0.2, 0) is 4.43 Å². The Morgan fingerprint density at radius 1 is 1.33 bits per heavy atom. The Labute approximate surface area is 96.6 Å². The van der Waals surface area contributed by atoms with Crippen LogP contribution in [0.3, 0.4) is 0 Å². The summed E-state index contributed by atoms with van der Waals surface area (Å²) in [6.07, 6.45) is 2.59. The van der Waals surface area contributed by atoms with Gasteiger partial charge in [-0.05, 0) is 49.8 Å². The van der Waals surface area contributed by atoms with Crippen LogP contribution in [-0.4, -0.2) is 15.6 Å². The lowest BCUT2D eigenvalue weighted by Crippen LogP contribution is -2.19. The molecule has 0 aliphatic heterocycles. The van der Waals surface area contributed by atoms with E-state index in [1.54, 1.807) is 11.1 Å². The minimum atomic E-state index is -0.851. The zero-order valence-electron chi connectivity index (χ0n) is 11.2. The normalized spacial score (nSPS) is 23.0. The van der Waals surface area contributed by atoms with E-state index < -0.39 is 9.04 Å². The maximum absolute atomic E-state index is 5.84. The first-order chi connectivity index (χ1) is 6.82. The summed E-state index contributed by atoms with van der Waals surface area (Å²) in [4.78, 5) is 0. The second-order valence-corrected chi connectivity index (χ2v) is 8.53. The lowest BCUT2D eigenvalue weighted by atomic mass is 9.77. The number of hydrogen-bond acceptors (Lipinski definition) is 1. The van der Waals surface area contributed by atoms with Gasteiger partial charge >= 0.3 is 0 Å². The molecule has 1 unspecified atom stereocenters. The zero-order chi connectivity index (χ0) is 11.6. The number of allylic oxidation sites excluding steroid dienone is 1. The average Bonchev–Trinajstić information content (AvgIpc) is 2.42. The lowest BCUT2D eigenvalue weighted by molar-refractivity contribution is 0.278. The van der Waals surface area contributed by atoms with E-state index in [1.165, 1.54) is 12.8 Å². The van der Waals surface area contributed by atoms with Crippen LogP contribution in [0.1, 0.15) is 40.5 Å². The van der Waals surface area contributed by atoms with Crippen LogP contribution < -0.4 is 0 Å². The molecule has 1 rings (SSSR count). The van der Waals surface area contributed by atoms with Crippen molar-refractivity contribution < 1.29 is 4.43 Å². The molecule has 88 valence electrons. The summed E-state index contributed by atoms with van der Waals surface area (Å²) in [6.45, 7) is 14.7. The van der Waals surface area contributed by atoms with Crippen LogP contribution in [0.5, 0.6) is 0 Å². The molecule has 15 heavy (non-hydrogen) atoms. The van der Waals surface area contributed by atoms with E-state index in [-0.39, 0.29) is 0 Å². The van der Waals surface area contributed by atoms with Crippen LogP contribution in [0, 0.1) is 11.3 Å². The van der Waals surface area contributed by atoms with Gasteiger partial charge in [0, 0.05) is 0 Å². The fraction of sp³-hybridized carbons (Fsp3) is 0.846. The Balaban J connectivity index is 2.63. The highest BCUT2D eigenvalue weighted by Gasteiger charge is 2.31. The van der Waals surface area contributed by atoms with Gasteiger partial charge in [-0.3, -0.25) is 0 Å². The Morgan fingerprint density at radius 2 is 1.93 bits per heavy atom. The summed E-state index contributed by atoms with van der Waals surface area (Å²) in [5.41, 5.74) is 3.61. The molecule has 0 fully saturated rings. The summed E-state index contributed by atoms with van der Waals surface area (Å²) >= 11 is 0. The summed E-state index contributed by atoms with van der Waals surface area (Å²) in [6, 6.07) is 0. The monoisotopic (exact) mass is 226 g/mol. The SMILES string of the molecule is CC1=C(CO[SiH](C)C)CCC1C(C)(C)C. The topological polar surface area (TPSA) is 9.23 Å². The molecule has 0 saturated heterocycles. The molecule has 0 spiro atoms. The first-order valence-corrected chi connectivity index (χ1v) is 8.90. The van der Waals surface area contributed by atoms with Gasteiger partial charge in [0.25, 0.3) is 0 Å². The van der Waals surface area contributed by atoms with Gasteiger partial charge in [-0.15, -0.1) is 0 Å². The van der Waals surface area contributed by atoms with E-state index in [0.717, 1.165) is 12.5 Å². The van der Waals surface area contributed by atoms with Gasteiger partial charge in [0.1, 0.15) is 0 Å². The molecule has 0 saturated carbocycles. The molecule has 0 amide bonds. The standard InChI is InChI=1S/C13H26OSi/c1-10-11(9-14-15(5)6)7-8-12(10)13(2,3)4/h12,15H,7-9H2,1-6H3. The Bertz CT molecular complexity index is 248. The molecule has 0 bridgehead atoms. The highest BCUT2D eigenvalue weighted by atomic mass is 28.3. The van der Waals surface area contributed by atoms with E-state index >= 15 is 0 Å². The predicted molar refractivity (Wildman–Crippen MR) is 69.7 cm³/mol. The van der Waals surface area contributed by atoms with Gasteiger partial charge in [-0.1, -0.05) is 26.3 Å². The molecule has 0 heterocycles. The maximum atomic E-state index is 5.84. The van der Waals surface area contributed by atoms with E-state index in [0.29, 0.717) is 5.41 Å². The van der Waals surface area contributed by atoms with Gasteiger partial charge in [-0.2, -0.15) is 0 Å². The van der Waals surface area contributed by atoms with Crippen molar-refractivity contribution in [1.29, 1.82) is 0 Å². The summed E-state index contributed by atoms with van der Waals surface area (Å²) in [5.74, 6) is 0.768. The number of rotatable bonds is 3. The molecule has 0 aromatic heterocycles. The first-order valence-electron chi connectivity index (χ1n) is 6.12. The molecule has 1 aliphatic carbocycles. The van der Waals surface area contributed by atoms with E-state index in [2.05, 4.69) is 40.8 Å². The van der Waals surface area contributed by atoms with Crippen molar-refractivity contribution in [2.45, 2.75) is 53.6 Å². The van der Waals surface area contributed by atoms with Crippen molar-refractivity contribution in [2.24, 2.45) is 11.3 Å². The third kappa shape index (κ3) is 3.46.